The van der Waals surface area contributed by atoms with Crippen LogP contribution in [-0.2, 0) is 6.54 Å². The molecule has 2 aliphatic rings. The SMILES string of the molecule is CCN1CCN(c2cc(Br)ccc2CNC2CC2)CC1. The summed E-state index contributed by atoms with van der Waals surface area (Å²) in [5, 5.41) is 3.64. The zero-order valence-electron chi connectivity index (χ0n) is 12.2. The molecule has 3 rings (SSSR count). The normalized spacial score (nSPS) is 20.4. The van der Waals surface area contributed by atoms with E-state index < -0.39 is 0 Å². The maximum atomic E-state index is 3.64. The van der Waals surface area contributed by atoms with Crippen molar-refractivity contribution in [3.8, 4) is 0 Å². The molecule has 0 bridgehead atoms. The number of benzene rings is 1. The van der Waals surface area contributed by atoms with E-state index in [4.69, 9.17) is 0 Å². The Labute approximate surface area is 130 Å². The van der Waals surface area contributed by atoms with Gasteiger partial charge in [-0.2, -0.15) is 0 Å². The van der Waals surface area contributed by atoms with Gasteiger partial charge < -0.3 is 15.1 Å². The summed E-state index contributed by atoms with van der Waals surface area (Å²) in [7, 11) is 0. The highest BCUT2D eigenvalue weighted by Crippen LogP contribution is 2.27. The third-order valence-corrected chi connectivity index (χ3v) is 4.86. The van der Waals surface area contributed by atoms with E-state index in [1.54, 1.807) is 0 Å². The molecule has 20 heavy (non-hydrogen) atoms. The fourth-order valence-electron chi connectivity index (χ4n) is 2.83. The molecule has 1 aliphatic heterocycles. The topological polar surface area (TPSA) is 18.5 Å². The van der Waals surface area contributed by atoms with Crippen molar-refractivity contribution in [3.05, 3.63) is 28.2 Å². The van der Waals surface area contributed by atoms with Crippen LogP contribution in [0.2, 0.25) is 0 Å². The van der Waals surface area contributed by atoms with Crippen LogP contribution in [0.15, 0.2) is 22.7 Å². The number of hydrogen-bond acceptors (Lipinski definition) is 3. The lowest BCUT2D eigenvalue weighted by molar-refractivity contribution is 0.271. The summed E-state index contributed by atoms with van der Waals surface area (Å²) in [5.41, 5.74) is 2.84. The van der Waals surface area contributed by atoms with Crippen molar-refractivity contribution >= 4 is 21.6 Å². The summed E-state index contributed by atoms with van der Waals surface area (Å²) < 4.78 is 1.18. The summed E-state index contributed by atoms with van der Waals surface area (Å²) in [6.07, 6.45) is 2.70. The van der Waals surface area contributed by atoms with E-state index in [1.807, 2.05) is 0 Å². The molecule has 1 saturated carbocycles. The minimum atomic E-state index is 0.767. The van der Waals surface area contributed by atoms with Gasteiger partial charge >= 0.3 is 0 Å². The van der Waals surface area contributed by atoms with Gasteiger partial charge in [-0.1, -0.05) is 28.9 Å². The summed E-state index contributed by atoms with van der Waals surface area (Å²) in [4.78, 5) is 5.07. The van der Waals surface area contributed by atoms with E-state index in [-0.39, 0.29) is 0 Å². The van der Waals surface area contributed by atoms with Crippen molar-refractivity contribution in [1.82, 2.24) is 10.2 Å². The van der Waals surface area contributed by atoms with Gasteiger partial charge in [0.05, 0.1) is 0 Å². The first-order valence-corrected chi connectivity index (χ1v) is 8.54. The molecule has 1 N–H and O–H groups in total. The molecule has 110 valence electrons. The summed E-state index contributed by atoms with van der Waals surface area (Å²) in [5.74, 6) is 0. The Bertz CT molecular complexity index is 451. The third-order valence-electron chi connectivity index (χ3n) is 4.37. The van der Waals surface area contributed by atoms with Gasteiger partial charge in [0.2, 0.25) is 0 Å². The second-order valence-electron chi connectivity index (χ2n) is 5.85. The molecular weight excluding hydrogens is 314 g/mol. The number of nitrogens with one attached hydrogen (secondary N) is 1. The Hall–Kier alpha value is -0.580. The Balaban J connectivity index is 1.71. The van der Waals surface area contributed by atoms with Crippen molar-refractivity contribution in [2.45, 2.75) is 32.4 Å². The average Bonchev–Trinajstić information content (AvgIpc) is 3.30. The fraction of sp³-hybridized carbons (Fsp3) is 0.625. The first-order chi connectivity index (χ1) is 9.76. The lowest BCUT2D eigenvalue weighted by atomic mass is 10.1. The smallest absolute Gasteiger partial charge is 0.0424 e. The molecule has 1 aromatic carbocycles. The van der Waals surface area contributed by atoms with E-state index in [9.17, 15) is 0 Å². The minimum Gasteiger partial charge on any atom is -0.369 e. The Morgan fingerprint density at radius 1 is 1.20 bits per heavy atom. The van der Waals surface area contributed by atoms with E-state index in [2.05, 4.69) is 56.2 Å². The number of rotatable bonds is 5. The quantitative estimate of drug-likeness (QED) is 0.891. The van der Waals surface area contributed by atoms with Crippen LogP contribution in [0, 0.1) is 0 Å². The van der Waals surface area contributed by atoms with Gasteiger partial charge in [-0.05, 0) is 37.1 Å². The molecule has 0 spiro atoms. The fourth-order valence-corrected chi connectivity index (χ4v) is 3.18. The van der Waals surface area contributed by atoms with Gasteiger partial charge in [-0.15, -0.1) is 0 Å². The van der Waals surface area contributed by atoms with Crippen LogP contribution in [0.1, 0.15) is 25.3 Å². The molecule has 0 atom stereocenters. The highest BCUT2D eigenvalue weighted by atomic mass is 79.9. The molecule has 1 aromatic rings. The van der Waals surface area contributed by atoms with Crippen LogP contribution in [0.5, 0.6) is 0 Å². The van der Waals surface area contributed by atoms with Crippen LogP contribution < -0.4 is 10.2 Å². The van der Waals surface area contributed by atoms with Crippen LogP contribution in [-0.4, -0.2) is 43.7 Å². The van der Waals surface area contributed by atoms with E-state index in [0.717, 1.165) is 25.7 Å². The molecule has 1 aliphatic carbocycles. The predicted molar refractivity (Wildman–Crippen MR) is 88.3 cm³/mol. The summed E-state index contributed by atoms with van der Waals surface area (Å²) in [6.45, 7) is 9.06. The van der Waals surface area contributed by atoms with Gasteiger partial charge in [0.25, 0.3) is 0 Å². The minimum absolute atomic E-state index is 0.767. The zero-order valence-corrected chi connectivity index (χ0v) is 13.8. The molecule has 0 unspecified atom stereocenters. The predicted octanol–water partition coefficient (Wildman–Crippen LogP) is 2.84. The summed E-state index contributed by atoms with van der Waals surface area (Å²) >= 11 is 3.62. The van der Waals surface area contributed by atoms with E-state index in [0.29, 0.717) is 0 Å². The second-order valence-corrected chi connectivity index (χ2v) is 6.77. The van der Waals surface area contributed by atoms with E-state index in [1.165, 1.54) is 48.2 Å². The van der Waals surface area contributed by atoms with Gasteiger partial charge in [-0.3, -0.25) is 0 Å². The highest BCUT2D eigenvalue weighted by Gasteiger charge is 2.22. The number of likely N-dealkylation sites (N-methyl/N-ethyl adjacent to an activating group) is 1. The van der Waals surface area contributed by atoms with Crippen molar-refractivity contribution in [2.24, 2.45) is 0 Å². The van der Waals surface area contributed by atoms with Crippen molar-refractivity contribution in [3.63, 3.8) is 0 Å². The first kappa shape index (κ1) is 14.4. The number of piperazine rings is 1. The molecule has 1 heterocycles. The maximum Gasteiger partial charge on any atom is 0.0424 e. The average molecular weight is 338 g/mol. The van der Waals surface area contributed by atoms with Crippen LogP contribution >= 0.6 is 15.9 Å². The molecule has 0 amide bonds. The van der Waals surface area contributed by atoms with Gasteiger partial charge in [-0.25, -0.2) is 0 Å². The molecule has 3 nitrogen and oxygen atoms in total. The van der Waals surface area contributed by atoms with Crippen molar-refractivity contribution in [2.75, 3.05) is 37.6 Å². The number of halogens is 1. The summed E-state index contributed by atoms with van der Waals surface area (Å²) in [6, 6.07) is 7.48. The Kier molecular flexibility index (Phi) is 4.64. The van der Waals surface area contributed by atoms with Gasteiger partial charge in [0.1, 0.15) is 0 Å². The molecule has 0 radical (unpaired) electrons. The third kappa shape index (κ3) is 3.54. The molecule has 4 heteroatoms. The number of nitrogens with zero attached hydrogens (tertiary/aromatic N) is 2. The molecule has 1 saturated heterocycles. The number of hydrogen-bond donors (Lipinski definition) is 1. The molecular formula is C16H24BrN3. The Morgan fingerprint density at radius 3 is 2.60 bits per heavy atom. The monoisotopic (exact) mass is 337 g/mol. The zero-order chi connectivity index (χ0) is 13.9. The largest absolute Gasteiger partial charge is 0.369 e. The molecule has 0 aromatic heterocycles. The standard InChI is InChI=1S/C16H24BrN3/c1-2-19-7-9-20(10-8-19)16-11-14(17)4-3-13(16)12-18-15-5-6-15/h3-4,11,15,18H,2,5-10,12H2,1H3. The van der Waals surface area contributed by atoms with Crippen molar-refractivity contribution < 1.29 is 0 Å². The van der Waals surface area contributed by atoms with Crippen LogP contribution in [0.3, 0.4) is 0 Å². The van der Waals surface area contributed by atoms with Crippen LogP contribution in [0.25, 0.3) is 0 Å². The lowest BCUT2D eigenvalue weighted by Crippen LogP contribution is -2.46. The second kappa shape index (κ2) is 6.46. The molecule has 2 fully saturated rings. The van der Waals surface area contributed by atoms with Crippen molar-refractivity contribution in [1.29, 1.82) is 0 Å². The number of anilines is 1. The first-order valence-electron chi connectivity index (χ1n) is 7.75. The van der Waals surface area contributed by atoms with Gasteiger partial charge in [0.15, 0.2) is 0 Å². The maximum absolute atomic E-state index is 3.64. The van der Waals surface area contributed by atoms with E-state index >= 15 is 0 Å². The highest BCUT2D eigenvalue weighted by molar-refractivity contribution is 9.10. The van der Waals surface area contributed by atoms with Crippen LogP contribution in [0.4, 0.5) is 5.69 Å². The Morgan fingerprint density at radius 2 is 1.95 bits per heavy atom. The van der Waals surface area contributed by atoms with Gasteiger partial charge in [0, 0.05) is 48.9 Å². The lowest BCUT2D eigenvalue weighted by Gasteiger charge is -2.36.